The topological polar surface area (TPSA) is 130 Å². The number of nitrogens with two attached hydrogens (primary N) is 1. The molecular formula is C22H20N6O2S. The molecular weight excluding hydrogens is 412 g/mol. The second-order valence-electron chi connectivity index (χ2n) is 7.24. The predicted octanol–water partition coefficient (Wildman–Crippen LogP) is 3.21. The first-order valence-electron chi connectivity index (χ1n) is 9.76. The number of H-pyrrole nitrogens is 2. The molecule has 31 heavy (non-hydrogen) atoms. The third-order valence-electron chi connectivity index (χ3n) is 5.21. The summed E-state index contributed by atoms with van der Waals surface area (Å²) < 4.78 is 27.4. The maximum atomic E-state index is 12.4. The van der Waals surface area contributed by atoms with E-state index >= 15 is 0 Å². The van der Waals surface area contributed by atoms with Crippen molar-refractivity contribution in [3.8, 4) is 11.3 Å². The molecule has 2 aromatic carbocycles. The molecule has 9 heteroatoms. The highest BCUT2D eigenvalue weighted by atomic mass is 32.2. The molecule has 0 bridgehead atoms. The summed E-state index contributed by atoms with van der Waals surface area (Å²) in [6.07, 6.45) is 2.20. The molecule has 5 aromatic rings. The van der Waals surface area contributed by atoms with Crippen LogP contribution in [0.15, 0.2) is 71.8 Å². The van der Waals surface area contributed by atoms with Gasteiger partial charge in [-0.15, -0.1) is 0 Å². The summed E-state index contributed by atoms with van der Waals surface area (Å²) in [7, 11) is -3.54. The van der Waals surface area contributed by atoms with E-state index in [0.29, 0.717) is 12.2 Å². The zero-order chi connectivity index (χ0) is 21.4. The highest BCUT2D eigenvalue weighted by Crippen LogP contribution is 2.31. The van der Waals surface area contributed by atoms with Gasteiger partial charge in [0, 0.05) is 41.2 Å². The molecule has 0 aliphatic rings. The molecule has 0 unspecified atom stereocenters. The van der Waals surface area contributed by atoms with Gasteiger partial charge in [0.15, 0.2) is 0 Å². The van der Waals surface area contributed by atoms with Crippen molar-refractivity contribution in [1.82, 2.24) is 24.9 Å². The first-order chi connectivity index (χ1) is 15.0. The molecule has 0 atom stereocenters. The van der Waals surface area contributed by atoms with Crippen LogP contribution in [0.3, 0.4) is 0 Å². The van der Waals surface area contributed by atoms with Crippen molar-refractivity contribution in [3.05, 3.63) is 72.6 Å². The number of hydrogen-bond acceptors (Lipinski definition) is 5. The zero-order valence-corrected chi connectivity index (χ0v) is 17.3. The van der Waals surface area contributed by atoms with Crippen LogP contribution in [0.1, 0.15) is 5.69 Å². The monoisotopic (exact) mass is 432 g/mol. The lowest BCUT2D eigenvalue weighted by Crippen LogP contribution is -2.26. The van der Waals surface area contributed by atoms with Crippen molar-refractivity contribution >= 4 is 37.6 Å². The van der Waals surface area contributed by atoms with Gasteiger partial charge in [-0.25, -0.2) is 18.1 Å². The third kappa shape index (κ3) is 3.65. The fourth-order valence-electron chi connectivity index (χ4n) is 3.67. The highest BCUT2D eigenvalue weighted by Gasteiger charge is 2.14. The standard InChI is InChI=1S/C22H20N6O2S/c23-22-18-13-15(8-11-25-31(29,30)16-4-2-1-3-5-16)26-21(18)17-7-6-14(12-20(17)27-22)19-9-10-24-28-19/h1-7,9-10,12-13,25-26H,8,11H2,(H2,23,27)(H,24,28). The average Bonchev–Trinajstić information content (AvgIpc) is 3.45. The Balaban J connectivity index is 1.42. The van der Waals surface area contributed by atoms with E-state index in [4.69, 9.17) is 5.73 Å². The zero-order valence-electron chi connectivity index (χ0n) is 16.5. The number of rotatable bonds is 6. The first kappa shape index (κ1) is 19.3. The smallest absolute Gasteiger partial charge is 0.240 e. The van der Waals surface area contributed by atoms with Crippen LogP contribution in [-0.4, -0.2) is 35.1 Å². The van der Waals surface area contributed by atoms with Crippen molar-refractivity contribution in [3.63, 3.8) is 0 Å². The molecule has 5 N–H and O–H groups in total. The number of anilines is 1. The number of nitrogens with one attached hydrogen (secondary N) is 3. The SMILES string of the molecule is Nc1nc2cc(-c3ccn[nH]3)ccc2c2[nH]c(CCNS(=O)(=O)c3ccccc3)cc12. The second-order valence-corrected chi connectivity index (χ2v) is 9.01. The summed E-state index contributed by atoms with van der Waals surface area (Å²) in [5.74, 6) is 0.427. The molecule has 0 saturated carbocycles. The maximum absolute atomic E-state index is 12.4. The summed E-state index contributed by atoms with van der Waals surface area (Å²) in [6, 6.07) is 18.1. The van der Waals surface area contributed by atoms with Gasteiger partial charge in [0.25, 0.3) is 0 Å². The van der Waals surface area contributed by atoms with E-state index in [2.05, 4.69) is 24.9 Å². The van der Waals surface area contributed by atoms with Crippen LogP contribution >= 0.6 is 0 Å². The Morgan fingerprint density at radius 1 is 1.00 bits per heavy atom. The summed E-state index contributed by atoms with van der Waals surface area (Å²) in [4.78, 5) is 8.19. The third-order valence-corrected chi connectivity index (χ3v) is 6.69. The Kier molecular flexibility index (Phi) is 4.68. The number of aromatic nitrogens is 4. The van der Waals surface area contributed by atoms with Crippen molar-refractivity contribution in [2.24, 2.45) is 0 Å². The number of aromatic amines is 2. The van der Waals surface area contributed by atoms with Crippen LogP contribution in [0.5, 0.6) is 0 Å². The van der Waals surface area contributed by atoms with E-state index in [0.717, 1.165) is 38.8 Å². The number of hydrogen-bond donors (Lipinski definition) is 4. The lowest BCUT2D eigenvalue weighted by atomic mass is 10.1. The molecule has 156 valence electrons. The largest absolute Gasteiger partial charge is 0.383 e. The van der Waals surface area contributed by atoms with Crippen molar-refractivity contribution < 1.29 is 8.42 Å². The van der Waals surface area contributed by atoms with E-state index in [1.165, 1.54) is 0 Å². The summed E-state index contributed by atoms with van der Waals surface area (Å²) in [6.45, 7) is 0.263. The van der Waals surface area contributed by atoms with E-state index in [9.17, 15) is 8.42 Å². The van der Waals surface area contributed by atoms with E-state index < -0.39 is 10.0 Å². The molecule has 5 rings (SSSR count). The quantitative estimate of drug-likeness (QED) is 0.327. The number of fused-ring (bicyclic) bond motifs is 3. The van der Waals surface area contributed by atoms with Gasteiger partial charge in [-0.3, -0.25) is 5.10 Å². The van der Waals surface area contributed by atoms with Crippen LogP contribution in [0.4, 0.5) is 5.82 Å². The van der Waals surface area contributed by atoms with Crippen LogP contribution in [0.25, 0.3) is 33.1 Å². The van der Waals surface area contributed by atoms with Crippen molar-refractivity contribution in [2.45, 2.75) is 11.3 Å². The molecule has 0 saturated heterocycles. The lowest BCUT2D eigenvalue weighted by molar-refractivity contribution is 0.581. The van der Waals surface area contributed by atoms with Gasteiger partial charge in [0.05, 0.1) is 21.6 Å². The molecule has 0 amide bonds. The van der Waals surface area contributed by atoms with Gasteiger partial charge in [0.1, 0.15) is 5.82 Å². The van der Waals surface area contributed by atoms with E-state index in [-0.39, 0.29) is 11.4 Å². The average molecular weight is 433 g/mol. The van der Waals surface area contributed by atoms with Crippen LogP contribution in [-0.2, 0) is 16.4 Å². The predicted molar refractivity (Wildman–Crippen MR) is 121 cm³/mol. The Hall–Kier alpha value is -3.69. The van der Waals surface area contributed by atoms with Crippen molar-refractivity contribution in [2.75, 3.05) is 12.3 Å². The first-order valence-corrected chi connectivity index (χ1v) is 11.2. The molecule has 8 nitrogen and oxygen atoms in total. The normalized spacial score (nSPS) is 12.0. The number of benzene rings is 2. The Labute approximate surface area is 178 Å². The Morgan fingerprint density at radius 3 is 2.61 bits per heavy atom. The molecule has 0 spiro atoms. The van der Waals surface area contributed by atoms with Crippen molar-refractivity contribution in [1.29, 1.82) is 0 Å². The minimum Gasteiger partial charge on any atom is -0.383 e. The molecule has 0 radical (unpaired) electrons. The molecule has 0 aliphatic carbocycles. The lowest BCUT2D eigenvalue weighted by Gasteiger charge is -2.06. The van der Waals surface area contributed by atoms with Gasteiger partial charge >= 0.3 is 0 Å². The summed E-state index contributed by atoms with van der Waals surface area (Å²) in [5, 5.41) is 8.71. The van der Waals surface area contributed by atoms with Crippen LogP contribution < -0.4 is 10.5 Å². The minimum absolute atomic E-state index is 0.249. The summed E-state index contributed by atoms with van der Waals surface area (Å²) in [5.41, 5.74) is 10.6. The Morgan fingerprint density at radius 2 is 1.84 bits per heavy atom. The molecule has 0 fully saturated rings. The van der Waals surface area contributed by atoms with Gasteiger partial charge < -0.3 is 10.7 Å². The number of pyridine rings is 1. The molecule has 3 aromatic heterocycles. The second kappa shape index (κ2) is 7.53. The minimum atomic E-state index is -3.54. The van der Waals surface area contributed by atoms with Crippen LogP contribution in [0.2, 0.25) is 0 Å². The molecule has 3 heterocycles. The van der Waals surface area contributed by atoms with Gasteiger partial charge in [-0.2, -0.15) is 5.10 Å². The van der Waals surface area contributed by atoms with E-state index in [1.54, 1.807) is 36.5 Å². The number of nitrogens with zero attached hydrogens (tertiary/aromatic N) is 2. The fraction of sp³-hybridized carbons (Fsp3) is 0.0909. The van der Waals surface area contributed by atoms with Gasteiger partial charge in [-0.1, -0.05) is 30.3 Å². The highest BCUT2D eigenvalue weighted by molar-refractivity contribution is 7.89. The van der Waals surface area contributed by atoms with Crippen LogP contribution in [0, 0.1) is 0 Å². The molecule has 0 aliphatic heterocycles. The maximum Gasteiger partial charge on any atom is 0.240 e. The number of sulfonamides is 1. The van der Waals surface area contributed by atoms with E-state index in [1.807, 2.05) is 30.3 Å². The Bertz CT molecular complexity index is 1480. The number of nitrogen functional groups attached to an aromatic ring is 1. The fourth-order valence-corrected chi connectivity index (χ4v) is 4.73. The van der Waals surface area contributed by atoms with Gasteiger partial charge in [0.2, 0.25) is 10.0 Å². The van der Waals surface area contributed by atoms with Gasteiger partial charge in [-0.05, 0) is 30.3 Å². The summed E-state index contributed by atoms with van der Waals surface area (Å²) >= 11 is 0.